The van der Waals surface area contributed by atoms with E-state index in [0.717, 1.165) is 0 Å². The van der Waals surface area contributed by atoms with Gasteiger partial charge in [-0.25, -0.2) is 4.98 Å². The number of halogens is 1. The largest absolute Gasteiger partial charge is 0.355 e. The molecule has 0 bridgehead atoms. The fourth-order valence-electron chi connectivity index (χ4n) is 2.26. The van der Waals surface area contributed by atoms with Gasteiger partial charge in [0.25, 0.3) is 0 Å². The Labute approximate surface area is 126 Å². The van der Waals surface area contributed by atoms with Crippen LogP contribution in [0.2, 0.25) is 5.02 Å². The van der Waals surface area contributed by atoms with E-state index in [1.165, 1.54) is 12.3 Å². The molecule has 0 aliphatic carbocycles. The van der Waals surface area contributed by atoms with Crippen molar-refractivity contribution in [3.8, 4) is 0 Å². The first-order chi connectivity index (χ1) is 10.0. The Morgan fingerprint density at radius 2 is 2.48 bits per heavy atom. The topological polar surface area (TPSA) is 100 Å². The lowest BCUT2D eigenvalue weighted by molar-refractivity contribution is -0.384. The van der Waals surface area contributed by atoms with Crippen molar-refractivity contribution in [2.45, 2.75) is 13.0 Å². The fraction of sp³-hybridized carbons (Fsp3) is 0.500. The Kier molecular flexibility index (Phi) is 4.92. The average molecular weight is 314 g/mol. The number of likely N-dealkylation sites (N-methyl/N-ethyl adjacent to an activating group) is 1. The number of nitro groups is 1. The second-order valence-electron chi connectivity index (χ2n) is 4.56. The Hall–Kier alpha value is -1.93. The van der Waals surface area contributed by atoms with Gasteiger partial charge in [-0.2, -0.15) is 0 Å². The molecule has 1 aliphatic heterocycles. The highest BCUT2D eigenvalue weighted by Crippen LogP contribution is 2.30. The zero-order chi connectivity index (χ0) is 15.4. The molecule has 0 radical (unpaired) electrons. The summed E-state index contributed by atoms with van der Waals surface area (Å²) in [5.74, 6) is -0.0158. The number of pyridine rings is 1. The highest BCUT2D eigenvalue weighted by Gasteiger charge is 2.33. The minimum absolute atomic E-state index is 0.169. The van der Waals surface area contributed by atoms with Gasteiger partial charge in [-0.3, -0.25) is 14.9 Å². The number of piperazine rings is 1. The third-order valence-corrected chi connectivity index (χ3v) is 3.39. The molecular formula is C12H16ClN5O3. The van der Waals surface area contributed by atoms with Crippen LogP contribution in [0, 0.1) is 10.1 Å². The van der Waals surface area contributed by atoms with Gasteiger partial charge in [-0.05, 0) is 6.92 Å². The number of aromatic nitrogens is 1. The number of rotatable bonds is 4. The van der Waals surface area contributed by atoms with Crippen molar-refractivity contribution in [2.24, 2.45) is 0 Å². The number of nitrogens with one attached hydrogen (secondary N) is 2. The van der Waals surface area contributed by atoms with Crippen molar-refractivity contribution >= 4 is 29.0 Å². The minimum atomic E-state index is -0.537. The standard InChI is InChI=1S/C12H16ClN5O3/c1-2-15-12(19)10-7-14-3-4-17(10)11-9(18(20)21)5-8(13)6-16-11/h5-6,10,14H,2-4,7H2,1H3,(H,15,19). The second-order valence-corrected chi connectivity index (χ2v) is 5.00. The fourth-order valence-corrected chi connectivity index (χ4v) is 2.41. The molecule has 21 heavy (non-hydrogen) atoms. The number of hydrogen-bond acceptors (Lipinski definition) is 6. The number of hydrogen-bond donors (Lipinski definition) is 2. The van der Waals surface area contributed by atoms with Gasteiger partial charge in [0.15, 0.2) is 0 Å². The van der Waals surface area contributed by atoms with Crippen LogP contribution in [0.4, 0.5) is 11.5 Å². The van der Waals surface area contributed by atoms with Gasteiger partial charge in [0.2, 0.25) is 11.7 Å². The molecule has 114 valence electrons. The summed E-state index contributed by atoms with van der Waals surface area (Å²) in [7, 11) is 0. The van der Waals surface area contributed by atoms with Gasteiger partial charge in [0.05, 0.1) is 9.95 Å². The summed E-state index contributed by atoms with van der Waals surface area (Å²) in [4.78, 5) is 28.5. The summed E-state index contributed by atoms with van der Waals surface area (Å²) in [6.07, 6.45) is 1.35. The van der Waals surface area contributed by atoms with Crippen molar-refractivity contribution < 1.29 is 9.72 Å². The molecule has 1 aliphatic rings. The average Bonchev–Trinajstić information content (AvgIpc) is 2.47. The number of carbonyl (C=O) groups excluding carboxylic acids is 1. The molecule has 0 saturated carbocycles. The maximum atomic E-state index is 12.1. The maximum absolute atomic E-state index is 12.1. The van der Waals surface area contributed by atoms with Crippen molar-refractivity contribution in [1.29, 1.82) is 0 Å². The van der Waals surface area contributed by atoms with Crippen molar-refractivity contribution in [3.63, 3.8) is 0 Å². The van der Waals surface area contributed by atoms with Gasteiger partial charge < -0.3 is 15.5 Å². The molecule has 1 amide bonds. The lowest BCUT2D eigenvalue weighted by Crippen LogP contribution is -2.58. The zero-order valence-corrected chi connectivity index (χ0v) is 12.3. The van der Waals surface area contributed by atoms with Crippen LogP contribution in [0.25, 0.3) is 0 Å². The van der Waals surface area contributed by atoms with Crippen LogP contribution in [0.5, 0.6) is 0 Å². The quantitative estimate of drug-likeness (QED) is 0.622. The molecule has 1 saturated heterocycles. The van der Waals surface area contributed by atoms with E-state index >= 15 is 0 Å². The first kappa shape index (κ1) is 15.5. The van der Waals surface area contributed by atoms with Crippen LogP contribution in [-0.4, -0.2) is 48.0 Å². The molecule has 9 heteroatoms. The first-order valence-electron chi connectivity index (χ1n) is 6.59. The van der Waals surface area contributed by atoms with Crippen LogP contribution < -0.4 is 15.5 Å². The van der Waals surface area contributed by atoms with E-state index in [9.17, 15) is 14.9 Å². The summed E-state index contributed by atoms with van der Waals surface area (Å²) in [6.45, 7) is 3.81. The maximum Gasteiger partial charge on any atom is 0.313 e. The summed E-state index contributed by atoms with van der Waals surface area (Å²) < 4.78 is 0. The molecule has 2 N–H and O–H groups in total. The lowest BCUT2D eigenvalue weighted by atomic mass is 10.1. The SMILES string of the molecule is CCNC(=O)C1CNCCN1c1ncc(Cl)cc1[N+](=O)[O-]. The molecule has 0 aromatic carbocycles. The van der Waals surface area contributed by atoms with E-state index in [0.29, 0.717) is 26.2 Å². The molecule has 2 rings (SSSR count). The van der Waals surface area contributed by atoms with E-state index in [2.05, 4.69) is 15.6 Å². The summed E-state index contributed by atoms with van der Waals surface area (Å²) in [5, 5.41) is 17.2. The summed E-state index contributed by atoms with van der Waals surface area (Å²) in [6, 6.07) is 0.715. The minimum Gasteiger partial charge on any atom is -0.355 e. The smallest absolute Gasteiger partial charge is 0.313 e. The highest BCUT2D eigenvalue weighted by atomic mass is 35.5. The molecule has 1 fully saturated rings. The van der Waals surface area contributed by atoms with Crippen LogP contribution in [-0.2, 0) is 4.79 Å². The molecule has 1 aromatic rings. The van der Waals surface area contributed by atoms with E-state index in [1.54, 1.807) is 4.90 Å². The zero-order valence-electron chi connectivity index (χ0n) is 11.5. The normalized spacial score (nSPS) is 18.4. The summed E-state index contributed by atoms with van der Waals surface area (Å²) >= 11 is 5.77. The van der Waals surface area contributed by atoms with Gasteiger partial charge >= 0.3 is 5.69 Å². The van der Waals surface area contributed by atoms with E-state index in [-0.39, 0.29) is 22.4 Å². The Morgan fingerprint density at radius 1 is 1.71 bits per heavy atom. The first-order valence-corrected chi connectivity index (χ1v) is 6.97. The monoisotopic (exact) mass is 313 g/mol. The van der Waals surface area contributed by atoms with E-state index in [4.69, 9.17) is 11.6 Å². The van der Waals surface area contributed by atoms with Gasteiger partial charge in [-0.1, -0.05) is 11.6 Å². The van der Waals surface area contributed by atoms with Crippen LogP contribution >= 0.6 is 11.6 Å². The molecule has 0 spiro atoms. The third kappa shape index (κ3) is 3.40. The number of anilines is 1. The Balaban J connectivity index is 2.37. The van der Waals surface area contributed by atoms with Gasteiger partial charge in [0, 0.05) is 38.4 Å². The van der Waals surface area contributed by atoms with Crippen LogP contribution in [0.15, 0.2) is 12.3 Å². The molecular weight excluding hydrogens is 298 g/mol. The molecule has 2 heterocycles. The van der Waals surface area contributed by atoms with E-state index in [1.807, 2.05) is 6.92 Å². The second kappa shape index (κ2) is 6.68. The van der Waals surface area contributed by atoms with Crippen molar-refractivity contribution in [2.75, 3.05) is 31.1 Å². The van der Waals surface area contributed by atoms with Crippen LogP contribution in [0.3, 0.4) is 0 Å². The molecule has 1 unspecified atom stereocenters. The van der Waals surface area contributed by atoms with Gasteiger partial charge in [0.1, 0.15) is 6.04 Å². The number of nitrogens with zero attached hydrogens (tertiary/aromatic N) is 3. The Bertz CT molecular complexity index is 554. The van der Waals surface area contributed by atoms with Crippen molar-refractivity contribution in [1.82, 2.24) is 15.6 Å². The molecule has 1 aromatic heterocycles. The Morgan fingerprint density at radius 3 is 3.14 bits per heavy atom. The summed E-state index contributed by atoms with van der Waals surface area (Å²) in [5.41, 5.74) is -0.196. The molecule has 1 atom stereocenters. The number of amides is 1. The lowest BCUT2D eigenvalue weighted by Gasteiger charge is -2.35. The van der Waals surface area contributed by atoms with Crippen LogP contribution in [0.1, 0.15) is 6.92 Å². The van der Waals surface area contributed by atoms with Crippen molar-refractivity contribution in [3.05, 3.63) is 27.4 Å². The van der Waals surface area contributed by atoms with E-state index < -0.39 is 11.0 Å². The number of carbonyl (C=O) groups is 1. The highest BCUT2D eigenvalue weighted by molar-refractivity contribution is 6.30. The predicted molar refractivity (Wildman–Crippen MR) is 78.6 cm³/mol. The van der Waals surface area contributed by atoms with Gasteiger partial charge in [-0.15, -0.1) is 0 Å². The third-order valence-electron chi connectivity index (χ3n) is 3.18. The predicted octanol–water partition coefficient (Wildman–Crippen LogP) is 0.557. The molecule has 8 nitrogen and oxygen atoms in total.